The molecule has 0 saturated heterocycles. The topological polar surface area (TPSA) is 71.5 Å². The van der Waals surface area contributed by atoms with Gasteiger partial charge in [-0.1, -0.05) is 38.1 Å². The van der Waals surface area contributed by atoms with Crippen molar-refractivity contribution >= 4 is 11.6 Å². The van der Waals surface area contributed by atoms with Crippen molar-refractivity contribution in [2.45, 2.75) is 32.8 Å². The molecule has 150 valence electrons. The standard InChI is InChI=1S/C24H26N2O3/c1-16(2)18-6-8-19(9-7-18)22(27)15-29-23-11-10-21(13-17(23)3)26-24(28)20-5-4-12-25-14-20/h4-14,16,22,27H,15H2,1-3H3,(H,26,28). The Morgan fingerprint density at radius 3 is 2.45 bits per heavy atom. The molecule has 5 nitrogen and oxygen atoms in total. The Morgan fingerprint density at radius 1 is 1.10 bits per heavy atom. The zero-order valence-electron chi connectivity index (χ0n) is 16.9. The Balaban J connectivity index is 1.59. The minimum atomic E-state index is -0.708. The zero-order chi connectivity index (χ0) is 20.8. The number of nitrogens with one attached hydrogen (secondary N) is 1. The van der Waals surface area contributed by atoms with E-state index in [0.717, 1.165) is 11.1 Å². The minimum Gasteiger partial charge on any atom is -0.490 e. The van der Waals surface area contributed by atoms with Crippen LogP contribution in [0.25, 0.3) is 0 Å². The van der Waals surface area contributed by atoms with Gasteiger partial charge in [-0.25, -0.2) is 0 Å². The van der Waals surface area contributed by atoms with Gasteiger partial charge in [0, 0.05) is 18.1 Å². The fraction of sp³-hybridized carbons (Fsp3) is 0.250. The number of aliphatic hydroxyl groups excluding tert-OH is 1. The van der Waals surface area contributed by atoms with Crippen LogP contribution in [-0.2, 0) is 0 Å². The monoisotopic (exact) mass is 390 g/mol. The van der Waals surface area contributed by atoms with Gasteiger partial charge in [0.05, 0.1) is 5.56 Å². The van der Waals surface area contributed by atoms with Gasteiger partial charge in [0.2, 0.25) is 0 Å². The third-order valence-corrected chi connectivity index (χ3v) is 4.74. The largest absolute Gasteiger partial charge is 0.490 e. The Kier molecular flexibility index (Phi) is 6.62. The van der Waals surface area contributed by atoms with Gasteiger partial charge >= 0.3 is 0 Å². The molecule has 0 fully saturated rings. The van der Waals surface area contributed by atoms with E-state index in [0.29, 0.717) is 22.9 Å². The van der Waals surface area contributed by atoms with Gasteiger partial charge in [-0.2, -0.15) is 0 Å². The second-order valence-corrected chi connectivity index (χ2v) is 7.32. The van der Waals surface area contributed by atoms with Crippen LogP contribution in [0.1, 0.15) is 52.9 Å². The van der Waals surface area contributed by atoms with Crippen LogP contribution in [0, 0.1) is 6.92 Å². The maximum absolute atomic E-state index is 12.2. The number of carbonyl (C=O) groups is 1. The molecule has 2 aromatic carbocycles. The molecule has 1 aromatic heterocycles. The molecule has 5 heteroatoms. The highest BCUT2D eigenvalue weighted by molar-refractivity contribution is 6.04. The quantitative estimate of drug-likeness (QED) is 0.603. The highest BCUT2D eigenvalue weighted by Crippen LogP contribution is 2.24. The van der Waals surface area contributed by atoms with Gasteiger partial charge in [-0.3, -0.25) is 9.78 Å². The molecule has 0 aliphatic rings. The van der Waals surface area contributed by atoms with E-state index >= 15 is 0 Å². The summed E-state index contributed by atoms with van der Waals surface area (Å²) in [7, 11) is 0. The van der Waals surface area contributed by atoms with Gasteiger partial charge in [-0.15, -0.1) is 0 Å². The van der Waals surface area contributed by atoms with Crippen LogP contribution < -0.4 is 10.1 Å². The lowest BCUT2D eigenvalue weighted by molar-refractivity contribution is 0.102. The lowest BCUT2D eigenvalue weighted by atomic mass is 10.0. The number of carbonyl (C=O) groups excluding carboxylic acids is 1. The van der Waals surface area contributed by atoms with Crippen LogP contribution in [-0.4, -0.2) is 22.6 Å². The molecule has 0 saturated carbocycles. The van der Waals surface area contributed by atoms with Crippen molar-refractivity contribution in [3.05, 3.63) is 89.2 Å². The first-order valence-corrected chi connectivity index (χ1v) is 9.67. The van der Waals surface area contributed by atoms with E-state index in [1.54, 1.807) is 30.5 Å². The lowest BCUT2D eigenvalue weighted by Crippen LogP contribution is -2.13. The molecule has 1 atom stereocenters. The third kappa shape index (κ3) is 5.42. The molecular weight excluding hydrogens is 364 g/mol. The predicted octanol–water partition coefficient (Wildman–Crippen LogP) is 4.88. The highest BCUT2D eigenvalue weighted by Gasteiger charge is 2.11. The first kappa shape index (κ1) is 20.6. The van der Waals surface area contributed by atoms with Crippen molar-refractivity contribution in [3.8, 4) is 5.75 Å². The second-order valence-electron chi connectivity index (χ2n) is 7.32. The lowest BCUT2D eigenvalue weighted by Gasteiger charge is -2.16. The normalized spacial score (nSPS) is 11.9. The molecule has 3 rings (SSSR count). The summed E-state index contributed by atoms with van der Waals surface area (Å²) in [6.07, 6.45) is 2.44. The molecule has 0 spiro atoms. The summed E-state index contributed by atoms with van der Waals surface area (Å²) in [4.78, 5) is 16.2. The number of nitrogens with zero attached hydrogens (tertiary/aromatic N) is 1. The predicted molar refractivity (Wildman–Crippen MR) is 114 cm³/mol. The van der Waals surface area contributed by atoms with Crippen LogP contribution in [0.15, 0.2) is 67.0 Å². The molecular formula is C24H26N2O3. The maximum Gasteiger partial charge on any atom is 0.257 e. The van der Waals surface area contributed by atoms with Crippen molar-refractivity contribution < 1.29 is 14.6 Å². The number of anilines is 1. The Hall–Kier alpha value is -3.18. The molecule has 1 amide bonds. The van der Waals surface area contributed by atoms with Crippen molar-refractivity contribution in [1.82, 2.24) is 4.98 Å². The number of benzene rings is 2. The summed E-state index contributed by atoms with van der Waals surface area (Å²) >= 11 is 0. The molecule has 0 aliphatic carbocycles. The maximum atomic E-state index is 12.2. The highest BCUT2D eigenvalue weighted by atomic mass is 16.5. The first-order valence-electron chi connectivity index (χ1n) is 9.67. The van der Waals surface area contributed by atoms with E-state index in [-0.39, 0.29) is 12.5 Å². The van der Waals surface area contributed by atoms with E-state index in [2.05, 4.69) is 24.1 Å². The molecule has 0 bridgehead atoms. The van der Waals surface area contributed by atoms with Crippen molar-refractivity contribution in [2.24, 2.45) is 0 Å². The summed E-state index contributed by atoms with van der Waals surface area (Å²) < 4.78 is 5.80. The molecule has 2 N–H and O–H groups in total. The molecule has 0 aliphatic heterocycles. The van der Waals surface area contributed by atoms with Gasteiger partial charge in [-0.05, 0) is 59.9 Å². The van der Waals surface area contributed by atoms with Crippen LogP contribution in [0.2, 0.25) is 0 Å². The van der Waals surface area contributed by atoms with E-state index in [1.165, 1.54) is 11.8 Å². The summed E-state index contributed by atoms with van der Waals surface area (Å²) in [5.74, 6) is 0.908. The van der Waals surface area contributed by atoms with Gasteiger partial charge in [0.1, 0.15) is 18.5 Å². The van der Waals surface area contributed by atoms with Crippen LogP contribution in [0.4, 0.5) is 5.69 Å². The van der Waals surface area contributed by atoms with Gasteiger partial charge in [0.25, 0.3) is 5.91 Å². The number of amides is 1. The molecule has 1 unspecified atom stereocenters. The number of hydrogen-bond donors (Lipinski definition) is 2. The average molecular weight is 390 g/mol. The molecule has 29 heavy (non-hydrogen) atoms. The van der Waals surface area contributed by atoms with Gasteiger partial charge < -0.3 is 15.2 Å². The fourth-order valence-corrected chi connectivity index (χ4v) is 2.96. The second kappa shape index (κ2) is 9.34. The van der Waals surface area contributed by atoms with Gasteiger partial charge in [0.15, 0.2) is 0 Å². The summed E-state index contributed by atoms with van der Waals surface area (Å²) in [5.41, 5.74) is 4.11. The number of aryl methyl sites for hydroxylation is 1. The molecule has 0 radical (unpaired) electrons. The van der Waals surface area contributed by atoms with E-state index in [9.17, 15) is 9.90 Å². The number of rotatable bonds is 7. The summed E-state index contributed by atoms with van der Waals surface area (Å²) in [5, 5.41) is 13.3. The number of aliphatic hydroxyl groups is 1. The number of ether oxygens (including phenoxy) is 1. The van der Waals surface area contributed by atoms with Crippen molar-refractivity contribution in [3.63, 3.8) is 0 Å². The molecule has 3 aromatic rings. The molecule has 1 heterocycles. The Labute approximate surface area is 171 Å². The van der Waals surface area contributed by atoms with Crippen molar-refractivity contribution in [1.29, 1.82) is 0 Å². The fourth-order valence-electron chi connectivity index (χ4n) is 2.96. The van der Waals surface area contributed by atoms with Crippen LogP contribution in [0.5, 0.6) is 5.75 Å². The number of pyridine rings is 1. The zero-order valence-corrected chi connectivity index (χ0v) is 16.9. The Morgan fingerprint density at radius 2 is 1.83 bits per heavy atom. The SMILES string of the molecule is Cc1cc(NC(=O)c2cccnc2)ccc1OCC(O)c1ccc(C(C)C)cc1. The number of hydrogen-bond acceptors (Lipinski definition) is 4. The van der Waals surface area contributed by atoms with E-state index < -0.39 is 6.10 Å². The van der Waals surface area contributed by atoms with Crippen molar-refractivity contribution in [2.75, 3.05) is 11.9 Å². The average Bonchev–Trinajstić information content (AvgIpc) is 2.73. The smallest absolute Gasteiger partial charge is 0.257 e. The number of aromatic nitrogens is 1. The van der Waals surface area contributed by atoms with E-state index in [1.807, 2.05) is 37.3 Å². The minimum absolute atomic E-state index is 0.156. The van der Waals surface area contributed by atoms with E-state index in [4.69, 9.17) is 4.74 Å². The summed E-state index contributed by atoms with van der Waals surface area (Å²) in [6, 6.07) is 16.8. The van der Waals surface area contributed by atoms with Crippen LogP contribution >= 0.6 is 0 Å². The first-order chi connectivity index (χ1) is 13.9. The summed E-state index contributed by atoms with van der Waals surface area (Å²) in [6.45, 7) is 6.34. The van der Waals surface area contributed by atoms with Crippen LogP contribution in [0.3, 0.4) is 0 Å². The third-order valence-electron chi connectivity index (χ3n) is 4.74. The Bertz CT molecular complexity index is 954.